The number of unbranched alkanes of at least 4 members (excludes halogenated alkanes) is 3. The molecule has 108 valence electrons. The zero-order valence-corrected chi connectivity index (χ0v) is 12.5. The number of carboxylic acids is 1. The molecule has 0 saturated heterocycles. The van der Waals surface area contributed by atoms with Crippen molar-refractivity contribution in [1.82, 2.24) is 5.32 Å². The maximum atomic E-state index is 10.8. The number of carbonyl (C=O) groups is 1. The van der Waals surface area contributed by atoms with Gasteiger partial charge in [-0.1, -0.05) is 12.8 Å². The Morgan fingerprint density at radius 3 is 2.74 bits per heavy atom. The molecule has 0 saturated carbocycles. The second-order valence-electron chi connectivity index (χ2n) is 4.61. The summed E-state index contributed by atoms with van der Waals surface area (Å²) in [5, 5.41) is 12.2. The van der Waals surface area contributed by atoms with Gasteiger partial charge < -0.3 is 14.8 Å². The number of rotatable bonds is 10. The molecule has 0 aliphatic heterocycles. The van der Waals surface area contributed by atoms with Crippen LogP contribution in [0.1, 0.15) is 47.6 Å². The monoisotopic (exact) mass is 285 g/mol. The van der Waals surface area contributed by atoms with E-state index >= 15 is 0 Å². The highest BCUT2D eigenvalue weighted by Crippen LogP contribution is 2.14. The van der Waals surface area contributed by atoms with Gasteiger partial charge in [-0.05, 0) is 44.4 Å². The molecule has 0 aliphatic carbocycles. The van der Waals surface area contributed by atoms with Crippen molar-refractivity contribution in [1.29, 1.82) is 0 Å². The number of hydrogen-bond donors (Lipinski definition) is 2. The number of thioether (sulfide) groups is 1. The quantitative estimate of drug-likeness (QED) is 0.646. The molecule has 1 heterocycles. The van der Waals surface area contributed by atoms with Gasteiger partial charge in [0.15, 0.2) is 0 Å². The molecule has 4 nitrogen and oxygen atoms in total. The lowest BCUT2D eigenvalue weighted by Gasteiger charge is -2.02. The minimum Gasteiger partial charge on any atom is -0.475 e. The van der Waals surface area contributed by atoms with E-state index in [0.717, 1.165) is 13.0 Å². The molecule has 0 unspecified atom stereocenters. The molecule has 19 heavy (non-hydrogen) atoms. The first-order valence-corrected chi connectivity index (χ1v) is 8.06. The topological polar surface area (TPSA) is 62.5 Å². The van der Waals surface area contributed by atoms with Crippen molar-refractivity contribution in [3.8, 4) is 0 Å². The lowest BCUT2D eigenvalue weighted by molar-refractivity contribution is 0.0659. The van der Waals surface area contributed by atoms with Crippen molar-refractivity contribution in [2.24, 2.45) is 0 Å². The van der Waals surface area contributed by atoms with Gasteiger partial charge in [-0.25, -0.2) is 4.79 Å². The molecule has 5 heteroatoms. The Kier molecular flexibility index (Phi) is 7.67. The Balaban J connectivity index is 2.12. The highest BCUT2D eigenvalue weighted by molar-refractivity contribution is 7.98. The summed E-state index contributed by atoms with van der Waals surface area (Å²) < 4.78 is 5.27. The highest BCUT2D eigenvalue weighted by Gasteiger charge is 2.13. The van der Waals surface area contributed by atoms with E-state index in [0.29, 0.717) is 17.9 Å². The van der Waals surface area contributed by atoms with Crippen LogP contribution in [0, 0.1) is 6.92 Å². The normalized spacial score (nSPS) is 10.8. The Morgan fingerprint density at radius 2 is 2.11 bits per heavy atom. The molecule has 0 amide bonds. The Morgan fingerprint density at radius 1 is 1.37 bits per heavy atom. The summed E-state index contributed by atoms with van der Waals surface area (Å²) >= 11 is 1.90. The molecule has 0 spiro atoms. The molecule has 1 aromatic heterocycles. The van der Waals surface area contributed by atoms with Crippen LogP contribution in [0.3, 0.4) is 0 Å². The molecule has 0 radical (unpaired) electrons. The first kappa shape index (κ1) is 16.1. The summed E-state index contributed by atoms with van der Waals surface area (Å²) in [5.74, 6) is 0.987. The highest BCUT2D eigenvalue weighted by atomic mass is 32.2. The van der Waals surface area contributed by atoms with Crippen molar-refractivity contribution in [3.63, 3.8) is 0 Å². The van der Waals surface area contributed by atoms with Crippen LogP contribution in [0.15, 0.2) is 10.5 Å². The smallest absolute Gasteiger partial charge is 0.372 e. The zero-order chi connectivity index (χ0) is 14.1. The van der Waals surface area contributed by atoms with Crippen LogP contribution in [-0.2, 0) is 6.54 Å². The summed E-state index contributed by atoms with van der Waals surface area (Å²) in [4.78, 5) is 10.8. The maximum absolute atomic E-state index is 10.8. The molecule has 0 aromatic carbocycles. The number of hydrogen-bond acceptors (Lipinski definition) is 4. The summed E-state index contributed by atoms with van der Waals surface area (Å²) in [6, 6.07) is 1.79. The Labute approximate surface area is 119 Å². The molecule has 0 aliphatic rings. The lowest BCUT2D eigenvalue weighted by Crippen LogP contribution is -2.14. The molecule has 1 rings (SSSR count). The van der Waals surface area contributed by atoms with Crippen LogP contribution in [0.25, 0.3) is 0 Å². The summed E-state index contributed by atoms with van der Waals surface area (Å²) in [5.41, 5.74) is 0.682. The average molecular weight is 285 g/mol. The second-order valence-corrected chi connectivity index (χ2v) is 5.60. The minimum atomic E-state index is -1.00. The van der Waals surface area contributed by atoms with Gasteiger partial charge in [-0.3, -0.25) is 0 Å². The minimum absolute atomic E-state index is 0.0499. The van der Waals surface area contributed by atoms with Crippen molar-refractivity contribution < 1.29 is 14.3 Å². The average Bonchev–Trinajstić information content (AvgIpc) is 2.74. The zero-order valence-electron chi connectivity index (χ0n) is 11.7. The van der Waals surface area contributed by atoms with Crippen molar-refractivity contribution in [3.05, 3.63) is 23.2 Å². The summed E-state index contributed by atoms with van der Waals surface area (Å²) in [6.07, 6.45) is 7.11. The Hall–Kier alpha value is -0.940. The van der Waals surface area contributed by atoms with Crippen molar-refractivity contribution >= 4 is 17.7 Å². The van der Waals surface area contributed by atoms with Crippen LogP contribution < -0.4 is 5.32 Å². The summed E-state index contributed by atoms with van der Waals surface area (Å²) in [6.45, 7) is 3.29. The first-order chi connectivity index (χ1) is 9.15. The van der Waals surface area contributed by atoms with E-state index in [2.05, 4.69) is 11.6 Å². The van der Waals surface area contributed by atoms with E-state index in [9.17, 15) is 4.79 Å². The van der Waals surface area contributed by atoms with E-state index < -0.39 is 5.97 Å². The van der Waals surface area contributed by atoms with Crippen LogP contribution in [0.5, 0.6) is 0 Å². The first-order valence-electron chi connectivity index (χ1n) is 6.67. The molecule has 0 atom stereocenters. The molecule has 1 aromatic rings. The van der Waals surface area contributed by atoms with Gasteiger partial charge in [-0.2, -0.15) is 11.8 Å². The number of nitrogens with one attached hydrogen (secondary N) is 1. The van der Waals surface area contributed by atoms with Gasteiger partial charge >= 0.3 is 5.97 Å². The van der Waals surface area contributed by atoms with Gasteiger partial charge in [-0.15, -0.1) is 0 Å². The van der Waals surface area contributed by atoms with Gasteiger partial charge in [0, 0.05) is 5.56 Å². The van der Waals surface area contributed by atoms with E-state index in [1.807, 2.05) is 11.8 Å². The number of aryl methyl sites for hydroxylation is 1. The molecular formula is C14H23NO3S. The van der Waals surface area contributed by atoms with E-state index in [1.54, 1.807) is 13.0 Å². The van der Waals surface area contributed by atoms with Crippen molar-refractivity contribution in [2.45, 2.75) is 39.2 Å². The standard InChI is InChI=1S/C14H23NO3S/c1-11-9-12(18-13(11)14(16)17)10-15-7-5-3-4-6-8-19-2/h9,15H,3-8,10H2,1-2H3,(H,16,17). The lowest BCUT2D eigenvalue weighted by atomic mass is 10.2. The van der Waals surface area contributed by atoms with Crippen LogP contribution in [0.4, 0.5) is 0 Å². The molecule has 2 N–H and O–H groups in total. The van der Waals surface area contributed by atoms with Crippen molar-refractivity contribution in [2.75, 3.05) is 18.6 Å². The van der Waals surface area contributed by atoms with E-state index in [4.69, 9.17) is 9.52 Å². The van der Waals surface area contributed by atoms with Gasteiger partial charge in [0.05, 0.1) is 6.54 Å². The van der Waals surface area contributed by atoms with Gasteiger partial charge in [0.2, 0.25) is 5.76 Å². The summed E-state index contributed by atoms with van der Waals surface area (Å²) in [7, 11) is 0. The molecular weight excluding hydrogens is 262 g/mol. The number of carboxylic acid groups (broad SMARTS) is 1. The number of aromatic carboxylic acids is 1. The predicted molar refractivity (Wildman–Crippen MR) is 79.0 cm³/mol. The van der Waals surface area contributed by atoms with Crippen LogP contribution in [-0.4, -0.2) is 29.6 Å². The maximum Gasteiger partial charge on any atom is 0.372 e. The third-order valence-corrected chi connectivity index (χ3v) is 3.61. The number of furan rings is 1. The SMILES string of the molecule is CSCCCCCCNCc1cc(C)c(C(=O)O)o1. The van der Waals surface area contributed by atoms with Gasteiger partial charge in [0.25, 0.3) is 0 Å². The largest absolute Gasteiger partial charge is 0.475 e. The second kappa shape index (κ2) is 9.04. The van der Waals surface area contributed by atoms with E-state index in [1.165, 1.54) is 25.0 Å². The third kappa shape index (κ3) is 6.16. The fourth-order valence-corrected chi connectivity index (χ4v) is 2.40. The third-order valence-electron chi connectivity index (χ3n) is 2.91. The van der Waals surface area contributed by atoms with Gasteiger partial charge in [0.1, 0.15) is 5.76 Å². The molecule has 0 fully saturated rings. The Bertz CT molecular complexity index is 390. The molecule has 0 bridgehead atoms. The fourth-order valence-electron chi connectivity index (χ4n) is 1.91. The fraction of sp³-hybridized carbons (Fsp3) is 0.643. The van der Waals surface area contributed by atoms with Crippen LogP contribution >= 0.6 is 11.8 Å². The van der Waals surface area contributed by atoms with Crippen LogP contribution in [0.2, 0.25) is 0 Å². The van der Waals surface area contributed by atoms with E-state index in [-0.39, 0.29) is 5.76 Å². The predicted octanol–water partition coefficient (Wildman–Crippen LogP) is 3.30.